The Labute approximate surface area is 98.3 Å². The van der Waals surface area contributed by atoms with Crippen LogP contribution in [0.25, 0.3) is 5.57 Å². The van der Waals surface area contributed by atoms with E-state index in [4.69, 9.17) is 0 Å². The predicted octanol–water partition coefficient (Wildman–Crippen LogP) is 4.78. The second-order valence-corrected chi connectivity index (χ2v) is 3.82. The summed E-state index contributed by atoms with van der Waals surface area (Å²) in [6, 6.07) is 10.2. The molecule has 1 aromatic rings. The van der Waals surface area contributed by atoms with E-state index in [1.54, 1.807) is 0 Å². The topological polar surface area (TPSA) is 0 Å². The van der Waals surface area contributed by atoms with Crippen LogP contribution in [0.4, 0.5) is 0 Å². The molecule has 0 fully saturated rings. The maximum Gasteiger partial charge on any atom is -0.0184 e. The number of rotatable bonds is 4. The van der Waals surface area contributed by atoms with E-state index in [-0.39, 0.29) is 0 Å². The molecule has 0 amide bonds. The Kier molecular flexibility index (Phi) is 4.53. The summed E-state index contributed by atoms with van der Waals surface area (Å²) in [7, 11) is 0. The van der Waals surface area contributed by atoms with Crippen molar-refractivity contribution in [2.75, 3.05) is 0 Å². The summed E-state index contributed by atoms with van der Waals surface area (Å²) in [4.78, 5) is 0. The molecule has 0 radical (unpaired) electrons. The Morgan fingerprint density at radius 1 is 1.06 bits per heavy atom. The third kappa shape index (κ3) is 3.39. The lowest BCUT2D eigenvalue weighted by molar-refractivity contribution is 1.36. The molecule has 0 N–H and O–H groups in total. The Morgan fingerprint density at radius 2 is 1.69 bits per heavy atom. The standard InChI is InChI=1S/C16H18/c1-5-15(12-11-14(4)13(2)3)16-9-7-6-8-10-16/h5-12H,1-2H2,3-4H3. The van der Waals surface area contributed by atoms with Crippen molar-refractivity contribution < 1.29 is 0 Å². The van der Waals surface area contributed by atoms with Crippen molar-refractivity contribution in [2.24, 2.45) is 0 Å². The lowest BCUT2D eigenvalue weighted by Crippen LogP contribution is -1.80. The molecule has 0 atom stereocenters. The first-order valence-electron chi connectivity index (χ1n) is 5.37. The maximum absolute atomic E-state index is 3.91. The van der Waals surface area contributed by atoms with E-state index < -0.39 is 0 Å². The van der Waals surface area contributed by atoms with Crippen molar-refractivity contribution in [1.29, 1.82) is 0 Å². The maximum atomic E-state index is 3.91. The molecular weight excluding hydrogens is 192 g/mol. The monoisotopic (exact) mass is 210 g/mol. The normalized spacial score (nSPS) is 12.4. The van der Waals surface area contributed by atoms with Crippen molar-refractivity contribution in [1.82, 2.24) is 0 Å². The highest BCUT2D eigenvalue weighted by atomic mass is 14.0. The zero-order chi connectivity index (χ0) is 12.0. The fourth-order valence-electron chi connectivity index (χ4n) is 1.27. The van der Waals surface area contributed by atoms with Crippen LogP contribution >= 0.6 is 0 Å². The van der Waals surface area contributed by atoms with Crippen LogP contribution < -0.4 is 0 Å². The van der Waals surface area contributed by atoms with Crippen LogP contribution in [0.3, 0.4) is 0 Å². The fourth-order valence-corrected chi connectivity index (χ4v) is 1.27. The summed E-state index contributed by atoms with van der Waals surface area (Å²) in [5, 5.41) is 0. The van der Waals surface area contributed by atoms with Gasteiger partial charge in [0.15, 0.2) is 0 Å². The minimum atomic E-state index is 1.09. The van der Waals surface area contributed by atoms with Gasteiger partial charge < -0.3 is 0 Å². The first-order valence-corrected chi connectivity index (χ1v) is 5.37. The van der Waals surface area contributed by atoms with E-state index >= 15 is 0 Å². The molecule has 0 aliphatic carbocycles. The van der Waals surface area contributed by atoms with Gasteiger partial charge in [-0.1, -0.05) is 67.3 Å². The summed E-state index contributed by atoms with van der Waals surface area (Å²) in [5.74, 6) is 0. The zero-order valence-electron chi connectivity index (χ0n) is 10.0. The van der Waals surface area contributed by atoms with Gasteiger partial charge in [0.25, 0.3) is 0 Å². The van der Waals surface area contributed by atoms with Crippen molar-refractivity contribution in [3.63, 3.8) is 0 Å². The highest BCUT2D eigenvalue weighted by Crippen LogP contribution is 2.16. The van der Waals surface area contributed by atoms with Gasteiger partial charge in [0.05, 0.1) is 0 Å². The highest BCUT2D eigenvalue weighted by molar-refractivity contribution is 5.74. The molecule has 0 saturated heterocycles. The van der Waals surface area contributed by atoms with Crippen molar-refractivity contribution in [3.05, 3.63) is 78.4 Å². The third-order valence-corrected chi connectivity index (χ3v) is 2.51. The van der Waals surface area contributed by atoms with Gasteiger partial charge in [-0.05, 0) is 30.6 Å². The largest absolute Gasteiger partial charge is 0.0984 e. The molecule has 0 bridgehead atoms. The summed E-state index contributed by atoms with van der Waals surface area (Å²) >= 11 is 0. The smallest absolute Gasteiger partial charge is 0.0184 e. The summed E-state index contributed by atoms with van der Waals surface area (Å²) in [6.07, 6.45) is 6.02. The fraction of sp³-hybridized carbons (Fsp3) is 0.125. The summed E-state index contributed by atoms with van der Waals surface area (Å²) in [5.41, 5.74) is 4.59. The van der Waals surface area contributed by atoms with Crippen molar-refractivity contribution >= 4 is 5.57 Å². The molecule has 16 heavy (non-hydrogen) atoms. The molecule has 0 aromatic heterocycles. The van der Waals surface area contributed by atoms with Crippen molar-refractivity contribution in [3.8, 4) is 0 Å². The van der Waals surface area contributed by atoms with Crippen LogP contribution in [0.15, 0.2) is 72.9 Å². The van der Waals surface area contributed by atoms with Gasteiger partial charge in [-0.15, -0.1) is 0 Å². The highest BCUT2D eigenvalue weighted by Gasteiger charge is 1.94. The first kappa shape index (κ1) is 12.3. The molecule has 0 heteroatoms. The number of hydrogen-bond acceptors (Lipinski definition) is 0. The molecule has 0 nitrogen and oxygen atoms in total. The van der Waals surface area contributed by atoms with E-state index in [1.807, 2.05) is 31.2 Å². The van der Waals surface area contributed by atoms with E-state index in [0.29, 0.717) is 0 Å². The van der Waals surface area contributed by atoms with E-state index in [1.165, 1.54) is 11.1 Å². The van der Waals surface area contributed by atoms with Gasteiger partial charge in [0.2, 0.25) is 0 Å². The van der Waals surface area contributed by atoms with Crippen molar-refractivity contribution in [2.45, 2.75) is 13.8 Å². The lowest BCUT2D eigenvalue weighted by atomic mass is 10.0. The number of hydrogen-bond donors (Lipinski definition) is 0. The van der Waals surface area contributed by atoms with Gasteiger partial charge >= 0.3 is 0 Å². The van der Waals surface area contributed by atoms with Crippen LogP contribution in [-0.4, -0.2) is 0 Å². The molecule has 0 spiro atoms. The predicted molar refractivity (Wildman–Crippen MR) is 73.2 cm³/mol. The quantitative estimate of drug-likeness (QED) is 0.627. The Hall–Kier alpha value is -1.82. The van der Waals surface area contributed by atoms with Crippen LogP contribution in [0, 0.1) is 0 Å². The molecule has 0 heterocycles. The summed E-state index contributed by atoms with van der Waals surface area (Å²) in [6.45, 7) is 11.8. The molecule has 0 aliphatic rings. The Morgan fingerprint density at radius 3 is 2.19 bits per heavy atom. The second kappa shape index (κ2) is 5.92. The van der Waals surface area contributed by atoms with E-state index in [9.17, 15) is 0 Å². The average molecular weight is 210 g/mol. The van der Waals surface area contributed by atoms with Crippen LogP contribution in [0.5, 0.6) is 0 Å². The molecule has 1 aromatic carbocycles. The SMILES string of the molecule is C=CC(=CC=C(C)C(=C)C)c1ccccc1. The molecule has 0 unspecified atom stereocenters. The molecule has 1 rings (SSSR count). The first-order chi connectivity index (χ1) is 7.65. The van der Waals surface area contributed by atoms with Gasteiger partial charge in [-0.2, -0.15) is 0 Å². The third-order valence-electron chi connectivity index (χ3n) is 2.51. The average Bonchev–Trinajstić information content (AvgIpc) is 2.30. The lowest BCUT2D eigenvalue weighted by Gasteiger charge is -2.01. The van der Waals surface area contributed by atoms with Gasteiger partial charge in [-0.3, -0.25) is 0 Å². The van der Waals surface area contributed by atoms with Crippen LogP contribution in [0.2, 0.25) is 0 Å². The van der Waals surface area contributed by atoms with Gasteiger partial charge in [0, 0.05) is 0 Å². The van der Waals surface area contributed by atoms with Crippen LogP contribution in [-0.2, 0) is 0 Å². The molecule has 82 valence electrons. The molecule has 0 saturated carbocycles. The van der Waals surface area contributed by atoms with Crippen LogP contribution in [0.1, 0.15) is 19.4 Å². The zero-order valence-corrected chi connectivity index (χ0v) is 10.0. The Balaban J connectivity index is 3.00. The Bertz CT molecular complexity index is 430. The summed E-state index contributed by atoms with van der Waals surface area (Å²) < 4.78 is 0. The van der Waals surface area contributed by atoms with E-state index in [0.717, 1.165) is 11.1 Å². The van der Waals surface area contributed by atoms with Gasteiger partial charge in [-0.25, -0.2) is 0 Å². The minimum Gasteiger partial charge on any atom is -0.0984 e. The van der Waals surface area contributed by atoms with E-state index in [2.05, 4.69) is 44.4 Å². The second-order valence-electron chi connectivity index (χ2n) is 3.82. The molecular formula is C16H18. The van der Waals surface area contributed by atoms with Gasteiger partial charge in [0.1, 0.15) is 0 Å². The molecule has 0 aliphatic heterocycles. The number of allylic oxidation sites excluding steroid dienone is 6. The number of benzene rings is 1. The minimum absolute atomic E-state index is 1.09.